The third-order valence-electron chi connectivity index (χ3n) is 2.11. The summed E-state index contributed by atoms with van der Waals surface area (Å²) in [5.74, 6) is 0.412. The summed E-state index contributed by atoms with van der Waals surface area (Å²) < 4.78 is 15.9. The molecule has 0 aliphatic heterocycles. The highest BCUT2D eigenvalue weighted by atomic mass is 79.9. The maximum Gasteiger partial charge on any atom is 0.343 e. The standard InChI is InChI=1S/C12H15BrO5/c1-3-17-10-5-8(6-14)4-9(13)12(10)18-7-11(15)16-2/h4-5,14H,3,6-7H2,1-2H3. The number of aliphatic hydroxyl groups is 1. The third-order valence-corrected chi connectivity index (χ3v) is 2.70. The second-order valence-corrected chi connectivity index (χ2v) is 4.22. The number of carbonyl (C=O) groups is 1. The number of methoxy groups -OCH3 is 1. The van der Waals surface area contributed by atoms with Gasteiger partial charge in [0, 0.05) is 0 Å². The van der Waals surface area contributed by atoms with Crippen LogP contribution in [0.5, 0.6) is 11.5 Å². The monoisotopic (exact) mass is 318 g/mol. The lowest BCUT2D eigenvalue weighted by atomic mass is 10.2. The molecule has 0 radical (unpaired) electrons. The predicted octanol–water partition coefficient (Wildman–Crippen LogP) is 1.89. The molecule has 0 saturated carbocycles. The van der Waals surface area contributed by atoms with E-state index in [1.807, 2.05) is 6.92 Å². The van der Waals surface area contributed by atoms with Crippen LogP contribution < -0.4 is 9.47 Å². The van der Waals surface area contributed by atoms with Crippen molar-refractivity contribution in [2.75, 3.05) is 20.3 Å². The molecule has 0 unspecified atom stereocenters. The van der Waals surface area contributed by atoms with E-state index in [4.69, 9.17) is 14.6 Å². The van der Waals surface area contributed by atoms with Crippen LogP contribution in [-0.4, -0.2) is 31.4 Å². The summed E-state index contributed by atoms with van der Waals surface area (Å²) in [5, 5.41) is 9.11. The van der Waals surface area contributed by atoms with Gasteiger partial charge in [0.2, 0.25) is 0 Å². The molecule has 0 aromatic heterocycles. The van der Waals surface area contributed by atoms with Crippen LogP contribution in [0, 0.1) is 0 Å². The maximum absolute atomic E-state index is 11.0. The first-order valence-electron chi connectivity index (χ1n) is 5.38. The van der Waals surface area contributed by atoms with Crippen molar-refractivity contribution >= 4 is 21.9 Å². The fourth-order valence-corrected chi connectivity index (χ4v) is 1.91. The van der Waals surface area contributed by atoms with E-state index in [1.54, 1.807) is 12.1 Å². The Morgan fingerprint density at radius 2 is 2.11 bits per heavy atom. The number of ether oxygens (including phenoxy) is 3. The maximum atomic E-state index is 11.0. The molecule has 0 spiro atoms. The minimum absolute atomic E-state index is 0.101. The zero-order valence-corrected chi connectivity index (χ0v) is 11.8. The number of hydrogen-bond acceptors (Lipinski definition) is 5. The Labute approximate surface area is 114 Å². The molecule has 0 amide bonds. The first-order valence-corrected chi connectivity index (χ1v) is 6.17. The second kappa shape index (κ2) is 7.23. The van der Waals surface area contributed by atoms with Crippen molar-refractivity contribution in [3.63, 3.8) is 0 Å². The van der Waals surface area contributed by atoms with Crippen molar-refractivity contribution in [2.45, 2.75) is 13.5 Å². The van der Waals surface area contributed by atoms with Crippen LogP contribution in [0.15, 0.2) is 16.6 Å². The first-order chi connectivity index (χ1) is 8.62. The number of rotatable bonds is 6. The van der Waals surface area contributed by atoms with Gasteiger partial charge in [-0.25, -0.2) is 4.79 Å². The molecule has 1 aromatic carbocycles. The van der Waals surface area contributed by atoms with Gasteiger partial charge in [-0.1, -0.05) is 0 Å². The molecule has 0 aliphatic rings. The average molecular weight is 319 g/mol. The van der Waals surface area contributed by atoms with Crippen LogP contribution in [0.25, 0.3) is 0 Å². The highest BCUT2D eigenvalue weighted by Crippen LogP contribution is 2.36. The zero-order chi connectivity index (χ0) is 13.5. The number of aliphatic hydroxyl groups excluding tert-OH is 1. The van der Waals surface area contributed by atoms with Crippen molar-refractivity contribution in [2.24, 2.45) is 0 Å². The van der Waals surface area contributed by atoms with Crippen LogP contribution in [0.2, 0.25) is 0 Å². The zero-order valence-electron chi connectivity index (χ0n) is 10.2. The van der Waals surface area contributed by atoms with Crippen LogP contribution in [0.1, 0.15) is 12.5 Å². The van der Waals surface area contributed by atoms with Gasteiger partial charge in [-0.3, -0.25) is 0 Å². The second-order valence-electron chi connectivity index (χ2n) is 3.36. The Balaban J connectivity index is 2.96. The highest BCUT2D eigenvalue weighted by molar-refractivity contribution is 9.10. The Morgan fingerprint density at radius 1 is 1.39 bits per heavy atom. The van der Waals surface area contributed by atoms with E-state index in [1.165, 1.54) is 7.11 Å². The topological polar surface area (TPSA) is 65.0 Å². The first kappa shape index (κ1) is 14.8. The summed E-state index contributed by atoms with van der Waals surface area (Å²) in [6.07, 6.45) is 0. The summed E-state index contributed by atoms with van der Waals surface area (Å²) in [7, 11) is 1.29. The number of hydrogen-bond donors (Lipinski definition) is 1. The third kappa shape index (κ3) is 3.89. The van der Waals surface area contributed by atoms with Gasteiger partial charge >= 0.3 is 5.97 Å². The lowest BCUT2D eigenvalue weighted by Gasteiger charge is -2.14. The number of carbonyl (C=O) groups excluding carboxylic acids is 1. The molecular formula is C12H15BrO5. The van der Waals surface area contributed by atoms with Crippen LogP contribution in [0.3, 0.4) is 0 Å². The van der Waals surface area contributed by atoms with Crippen molar-refractivity contribution in [1.29, 1.82) is 0 Å². The quantitative estimate of drug-likeness (QED) is 0.811. The van der Waals surface area contributed by atoms with Gasteiger partial charge in [-0.2, -0.15) is 0 Å². The Bertz CT molecular complexity index is 419. The molecule has 100 valence electrons. The van der Waals surface area contributed by atoms with Gasteiger partial charge in [0.25, 0.3) is 0 Å². The number of halogens is 1. The lowest BCUT2D eigenvalue weighted by Crippen LogP contribution is -2.13. The smallest absolute Gasteiger partial charge is 0.343 e. The van der Waals surface area contributed by atoms with E-state index in [2.05, 4.69) is 20.7 Å². The number of esters is 1. The fraction of sp³-hybridized carbons (Fsp3) is 0.417. The average Bonchev–Trinajstić information content (AvgIpc) is 2.37. The normalized spacial score (nSPS) is 10.0. The van der Waals surface area contributed by atoms with Crippen molar-refractivity contribution in [1.82, 2.24) is 0 Å². The summed E-state index contributed by atoms with van der Waals surface area (Å²) >= 11 is 3.31. The van der Waals surface area contributed by atoms with Gasteiger partial charge in [0.05, 0.1) is 24.8 Å². The molecule has 1 aromatic rings. The SMILES string of the molecule is CCOc1cc(CO)cc(Br)c1OCC(=O)OC. The Kier molecular flexibility index (Phi) is 5.94. The molecule has 0 saturated heterocycles. The van der Waals surface area contributed by atoms with Gasteiger partial charge < -0.3 is 19.3 Å². The van der Waals surface area contributed by atoms with E-state index in [-0.39, 0.29) is 13.2 Å². The molecule has 0 atom stereocenters. The molecule has 0 fully saturated rings. The molecule has 6 heteroatoms. The van der Waals surface area contributed by atoms with E-state index >= 15 is 0 Å². The molecule has 5 nitrogen and oxygen atoms in total. The van der Waals surface area contributed by atoms with Gasteiger partial charge in [-0.05, 0) is 40.5 Å². The van der Waals surface area contributed by atoms with Crippen molar-refractivity contribution in [3.8, 4) is 11.5 Å². The molecule has 18 heavy (non-hydrogen) atoms. The van der Waals surface area contributed by atoms with Gasteiger partial charge in [0.15, 0.2) is 18.1 Å². The fourth-order valence-electron chi connectivity index (χ4n) is 1.31. The lowest BCUT2D eigenvalue weighted by molar-refractivity contribution is -0.142. The summed E-state index contributed by atoms with van der Waals surface area (Å²) in [6.45, 7) is 1.99. The summed E-state index contributed by atoms with van der Waals surface area (Å²) in [6, 6.07) is 3.37. The van der Waals surface area contributed by atoms with Crippen LogP contribution in [-0.2, 0) is 16.1 Å². The summed E-state index contributed by atoms with van der Waals surface area (Å²) in [4.78, 5) is 11.0. The van der Waals surface area contributed by atoms with Gasteiger partial charge in [0.1, 0.15) is 0 Å². The van der Waals surface area contributed by atoms with E-state index < -0.39 is 5.97 Å². The largest absolute Gasteiger partial charge is 0.490 e. The molecule has 0 heterocycles. The van der Waals surface area contributed by atoms with Crippen LogP contribution in [0.4, 0.5) is 0 Å². The van der Waals surface area contributed by atoms with E-state index in [0.717, 1.165) is 0 Å². The minimum atomic E-state index is -0.476. The van der Waals surface area contributed by atoms with Crippen molar-refractivity contribution < 1.29 is 24.1 Å². The van der Waals surface area contributed by atoms with Crippen LogP contribution >= 0.6 is 15.9 Å². The van der Waals surface area contributed by atoms with E-state index in [9.17, 15) is 4.79 Å². The Morgan fingerprint density at radius 3 is 2.67 bits per heavy atom. The van der Waals surface area contributed by atoms with Crippen molar-refractivity contribution in [3.05, 3.63) is 22.2 Å². The molecule has 1 N–H and O–H groups in total. The van der Waals surface area contributed by atoms with Gasteiger partial charge in [-0.15, -0.1) is 0 Å². The number of benzene rings is 1. The molecular weight excluding hydrogens is 304 g/mol. The Hall–Kier alpha value is -1.27. The molecule has 0 aliphatic carbocycles. The molecule has 1 rings (SSSR count). The predicted molar refractivity (Wildman–Crippen MR) is 68.7 cm³/mol. The van der Waals surface area contributed by atoms with E-state index in [0.29, 0.717) is 28.1 Å². The summed E-state index contributed by atoms with van der Waals surface area (Å²) in [5.41, 5.74) is 0.691. The minimum Gasteiger partial charge on any atom is -0.490 e. The highest BCUT2D eigenvalue weighted by Gasteiger charge is 2.13. The molecule has 0 bridgehead atoms.